The van der Waals surface area contributed by atoms with E-state index in [-0.39, 0.29) is 5.41 Å². The molecule has 1 aromatic rings. The standard InChI is InChI=1S/C17H20O3/c1-10-5-4-6-17(2)12(10)7-11-13(18-3)8-14-16(15(11)17)20-9-19-14/h7-8,10H,4-6,9H2,1-3H3/t10-,17-/m0/s1. The number of allylic oxidation sites excluding steroid dienone is 1. The van der Waals surface area contributed by atoms with Crippen molar-refractivity contribution >= 4 is 6.08 Å². The average Bonchev–Trinajstić information content (AvgIpc) is 3.00. The van der Waals surface area contributed by atoms with Crippen molar-refractivity contribution in [2.24, 2.45) is 5.92 Å². The average molecular weight is 272 g/mol. The minimum atomic E-state index is 0.0827. The van der Waals surface area contributed by atoms with Crippen molar-refractivity contribution in [3.8, 4) is 17.2 Å². The van der Waals surface area contributed by atoms with Crippen LogP contribution in [0.5, 0.6) is 17.2 Å². The Morgan fingerprint density at radius 3 is 3.00 bits per heavy atom. The highest BCUT2D eigenvalue weighted by atomic mass is 16.7. The van der Waals surface area contributed by atoms with Gasteiger partial charge in [-0.1, -0.05) is 31.9 Å². The molecule has 1 aliphatic heterocycles. The molecule has 2 aliphatic carbocycles. The largest absolute Gasteiger partial charge is 0.496 e. The maximum absolute atomic E-state index is 5.78. The predicted octanol–water partition coefficient (Wildman–Crippen LogP) is 3.90. The zero-order valence-electron chi connectivity index (χ0n) is 12.3. The first-order valence-corrected chi connectivity index (χ1v) is 7.38. The molecule has 3 aliphatic rings. The highest BCUT2D eigenvalue weighted by molar-refractivity contribution is 5.79. The number of hydrogen-bond acceptors (Lipinski definition) is 3. The minimum absolute atomic E-state index is 0.0827. The second-order valence-electron chi connectivity index (χ2n) is 6.33. The molecular formula is C17H20O3. The lowest BCUT2D eigenvalue weighted by Crippen LogP contribution is -2.30. The molecule has 2 atom stereocenters. The first kappa shape index (κ1) is 12.1. The molecule has 1 aromatic carbocycles. The third kappa shape index (κ3) is 1.36. The van der Waals surface area contributed by atoms with Crippen LogP contribution in [0.25, 0.3) is 6.08 Å². The van der Waals surface area contributed by atoms with Gasteiger partial charge in [-0.2, -0.15) is 0 Å². The number of rotatable bonds is 1. The summed E-state index contributed by atoms with van der Waals surface area (Å²) in [5, 5.41) is 0. The van der Waals surface area contributed by atoms with Gasteiger partial charge in [-0.05, 0) is 18.8 Å². The van der Waals surface area contributed by atoms with Crippen LogP contribution in [0.4, 0.5) is 0 Å². The minimum Gasteiger partial charge on any atom is -0.496 e. The van der Waals surface area contributed by atoms with E-state index in [0.717, 1.165) is 17.2 Å². The van der Waals surface area contributed by atoms with Gasteiger partial charge in [-0.3, -0.25) is 0 Å². The molecule has 0 saturated heterocycles. The van der Waals surface area contributed by atoms with Crippen molar-refractivity contribution in [3.05, 3.63) is 22.8 Å². The van der Waals surface area contributed by atoms with Crippen molar-refractivity contribution in [1.29, 1.82) is 0 Å². The Morgan fingerprint density at radius 1 is 1.35 bits per heavy atom. The molecule has 1 heterocycles. The van der Waals surface area contributed by atoms with Gasteiger partial charge in [0, 0.05) is 22.6 Å². The molecule has 0 N–H and O–H groups in total. The maximum atomic E-state index is 5.78. The van der Waals surface area contributed by atoms with Crippen molar-refractivity contribution in [1.82, 2.24) is 0 Å². The van der Waals surface area contributed by atoms with E-state index >= 15 is 0 Å². The lowest BCUT2D eigenvalue weighted by atomic mass is 9.66. The molecule has 1 fully saturated rings. The van der Waals surface area contributed by atoms with E-state index in [2.05, 4.69) is 19.9 Å². The highest BCUT2D eigenvalue weighted by Gasteiger charge is 2.46. The van der Waals surface area contributed by atoms with Crippen LogP contribution in [-0.4, -0.2) is 13.9 Å². The summed E-state index contributed by atoms with van der Waals surface area (Å²) in [5.41, 5.74) is 4.09. The van der Waals surface area contributed by atoms with Gasteiger partial charge in [0.05, 0.1) is 7.11 Å². The maximum Gasteiger partial charge on any atom is 0.231 e. The van der Waals surface area contributed by atoms with Gasteiger partial charge in [-0.25, -0.2) is 0 Å². The lowest BCUT2D eigenvalue weighted by Gasteiger charge is -2.38. The number of benzene rings is 1. The van der Waals surface area contributed by atoms with Crippen LogP contribution in [0, 0.1) is 5.92 Å². The van der Waals surface area contributed by atoms with E-state index in [9.17, 15) is 0 Å². The molecule has 0 spiro atoms. The van der Waals surface area contributed by atoms with Gasteiger partial charge in [0.2, 0.25) is 6.79 Å². The molecule has 106 valence electrons. The third-order valence-electron chi connectivity index (χ3n) is 5.22. The van der Waals surface area contributed by atoms with Crippen molar-refractivity contribution in [2.45, 2.75) is 38.5 Å². The van der Waals surface area contributed by atoms with E-state index < -0.39 is 0 Å². The van der Waals surface area contributed by atoms with Crippen molar-refractivity contribution in [3.63, 3.8) is 0 Å². The van der Waals surface area contributed by atoms with E-state index in [4.69, 9.17) is 14.2 Å². The fourth-order valence-corrected chi connectivity index (χ4v) is 4.23. The monoisotopic (exact) mass is 272 g/mol. The molecule has 1 saturated carbocycles. The van der Waals surface area contributed by atoms with Gasteiger partial charge >= 0.3 is 0 Å². The SMILES string of the molecule is COc1cc2c(c3c1C=C1[C@@H](C)CCC[C@@]13C)OCO2. The molecular weight excluding hydrogens is 252 g/mol. The van der Waals surface area contributed by atoms with Crippen molar-refractivity contribution < 1.29 is 14.2 Å². The van der Waals surface area contributed by atoms with Gasteiger partial charge < -0.3 is 14.2 Å². The number of methoxy groups -OCH3 is 1. The van der Waals surface area contributed by atoms with Crippen LogP contribution in [0.2, 0.25) is 0 Å². The molecule has 3 nitrogen and oxygen atoms in total. The van der Waals surface area contributed by atoms with Crippen LogP contribution < -0.4 is 14.2 Å². The second-order valence-corrected chi connectivity index (χ2v) is 6.33. The van der Waals surface area contributed by atoms with Gasteiger partial charge in [0.15, 0.2) is 11.5 Å². The van der Waals surface area contributed by atoms with E-state index in [1.165, 1.54) is 36.0 Å². The van der Waals surface area contributed by atoms with Gasteiger partial charge in [-0.15, -0.1) is 0 Å². The van der Waals surface area contributed by atoms with Crippen LogP contribution in [0.15, 0.2) is 11.6 Å². The normalized spacial score (nSPS) is 29.8. The van der Waals surface area contributed by atoms with E-state index in [1.807, 2.05) is 6.07 Å². The summed E-state index contributed by atoms with van der Waals surface area (Å²) in [7, 11) is 1.73. The van der Waals surface area contributed by atoms with E-state index in [0.29, 0.717) is 12.7 Å². The molecule has 0 amide bonds. The lowest BCUT2D eigenvalue weighted by molar-refractivity contribution is 0.172. The van der Waals surface area contributed by atoms with Gasteiger partial charge in [0.1, 0.15) is 5.75 Å². The summed E-state index contributed by atoms with van der Waals surface area (Å²) in [5.74, 6) is 3.29. The molecule has 0 radical (unpaired) electrons. The van der Waals surface area contributed by atoms with Crippen molar-refractivity contribution in [2.75, 3.05) is 13.9 Å². The molecule has 20 heavy (non-hydrogen) atoms. The Balaban J connectivity index is 2.00. The summed E-state index contributed by atoms with van der Waals surface area (Å²) < 4.78 is 17.0. The topological polar surface area (TPSA) is 27.7 Å². The first-order valence-electron chi connectivity index (χ1n) is 7.38. The predicted molar refractivity (Wildman–Crippen MR) is 77.5 cm³/mol. The Labute approximate surface area is 119 Å². The number of ether oxygens (including phenoxy) is 3. The Bertz CT molecular complexity index is 617. The van der Waals surface area contributed by atoms with E-state index in [1.54, 1.807) is 7.11 Å². The summed E-state index contributed by atoms with van der Waals surface area (Å²) >= 11 is 0. The first-order chi connectivity index (χ1) is 9.65. The Kier molecular flexibility index (Phi) is 2.39. The Hall–Kier alpha value is -1.64. The summed E-state index contributed by atoms with van der Waals surface area (Å²) in [4.78, 5) is 0. The fraction of sp³-hybridized carbons (Fsp3) is 0.529. The van der Waals surface area contributed by atoms with Crippen LogP contribution in [0.3, 0.4) is 0 Å². The fourth-order valence-electron chi connectivity index (χ4n) is 4.23. The Morgan fingerprint density at radius 2 is 2.20 bits per heavy atom. The van der Waals surface area contributed by atoms with Gasteiger partial charge in [0.25, 0.3) is 0 Å². The molecule has 0 bridgehead atoms. The quantitative estimate of drug-likeness (QED) is 0.776. The summed E-state index contributed by atoms with van der Waals surface area (Å²) in [6.07, 6.45) is 6.05. The molecule has 3 heteroatoms. The number of hydrogen-bond donors (Lipinski definition) is 0. The van der Waals surface area contributed by atoms with Crippen LogP contribution in [0.1, 0.15) is 44.2 Å². The molecule has 4 rings (SSSR count). The van der Waals surface area contributed by atoms with Crippen LogP contribution >= 0.6 is 0 Å². The summed E-state index contributed by atoms with van der Waals surface area (Å²) in [6.45, 7) is 5.00. The zero-order valence-corrected chi connectivity index (χ0v) is 12.3. The van der Waals surface area contributed by atoms with Crippen LogP contribution in [-0.2, 0) is 5.41 Å². The molecule has 0 aromatic heterocycles. The zero-order chi connectivity index (χ0) is 13.9. The molecule has 0 unspecified atom stereocenters. The second kappa shape index (κ2) is 3.94. The highest BCUT2D eigenvalue weighted by Crippen LogP contribution is 2.59. The smallest absolute Gasteiger partial charge is 0.231 e. The third-order valence-corrected chi connectivity index (χ3v) is 5.22. The summed E-state index contributed by atoms with van der Waals surface area (Å²) in [6, 6.07) is 1.96. The number of fused-ring (bicyclic) bond motifs is 5.